The summed E-state index contributed by atoms with van der Waals surface area (Å²) in [6.07, 6.45) is 1.93. The lowest BCUT2D eigenvalue weighted by Gasteiger charge is -1.99. The Morgan fingerprint density at radius 2 is 2.12 bits per heavy atom. The zero-order chi connectivity index (χ0) is 11.9. The molecule has 0 aliphatic rings. The van der Waals surface area contributed by atoms with Gasteiger partial charge in [-0.15, -0.1) is 0 Å². The lowest BCUT2D eigenvalue weighted by Crippen LogP contribution is -2.16. The van der Waals surface area contributed by atoms with E-state index in [-0.39, 0.29) is 5.82 Å². The van der Waals surface area contributed by atoms with Crippen LogP contribution in [0.25, 0.3) is 11.2 Å². The highest BCUT2D eigenvalue weighted by Crippen LogP contribution is 2.21. The van der Waals surface area contributed by atoms with Gasteiger partial charge in [-0.3, -0.25) is 4.79 Å². The lowest BCUT2D eigenvalue weighted by atomic mass is 10.4. The van der Waals surface area contributed by atoms with Crippen molar-refractivity contribution in [3.05, 3.63) is 11.5 Å². The molecule has 2 rings (SSSR count). The van der Waals surface area contributed by atoms with Crippen molar-refractivity contribution in [2.75, 3.05) is 6.26 Å². The zero-order valence-corrected chi connectivity index (χ0v) is 10.00. The van der Waals surface area contributed by atoms with E-state index in [0.717, 1.165) is 5.16 Å². The van der Waals surface area contributed by atoms with Gasteiger partial charge in [0.2, 0.25) is 5.82 Å². The Bertz CT molecular complexity index is 577. The van der Waals surface area contributed by atoms with E-state index in [1.165, 1.54) is 11.8 Å². The average molecular weight is 239 g/mol. The lowest BCUT2D eigenvalue weighted by molar-refractivity contribution is 0.0990. The second-order valence-corrected chi connectivity index (χ2v) is 4.10. The van der Waals surface area contributed by atoms with Gasteiger partial charge in [-0.05, 0) is 13.2 Å². The molecular formula is C9H11N5OS. The number of carbonyl (C=O) groups is 1. The summed E-state index contributed by atoms with van der Waals surface area (Å²) >= 11 is 1.51. The normalized spacial score (nSPS) is 10.9. The molecule has 0 aromatic carbocycles. The van der Waals surface area contributed by atoms with Crippen LogP contribution in [-0.4, -0.2) is 31.7 Å². The summed E-state index contributed by atoms with van der Waals surface area (Å²) in [5, 5.41) is 0.828. The molecule has 0 radical (unpaired) electrons. The van der Waals surface area contributed by atoms with Crippen LogP contribution in [0.4, 0.5) is 0 Å². The monoisotopic (exact) mass is 239 g/mol. The van der Waals surface area contributed by atoms with E-state index >= 15 is 0 Å². The number of aryl methyl sites for hydroxylation is 2. The molecule has 0 bridgehead atoms. The minimum Gasteiger partial charge on any atom is -0.363 e. The molecule has 0 spiro atoms. The van der Waals surface area contributed by atoms with Gasteiger partial charge in [-0.25, -0.2) is 15.0 Å². The van der Waals surface area contributed by atoms with Crippen molar-refractivity contribution in [1.29, 1.82) is 0 Å². The van der Waals surface area contributed by atoms with Crippen LogP contribution in [0.2, 0.25) is 0 Å². The summed E-state index contributed by atoms with van der Waals surface area (Å²) in [5.41, 5.74) is 7.16. The van der Waals surface area contributed by atoms with Crippen molar-refractivity contribution in [1.82, 2.24) is 19.5 Å². The van der Waals surface area contributed by atoms with Crippen LogP contribution in [-0.2, 0) is 7.05 Å². The highest BCUT2D eigenvalue weighted by atomic mass is 32.2. The molecule has 0 saturated heterocycles. The van der Waals surface area contributed by atoms with E-state index in [9.17, 15) is 4.79 Å². The SMILES string of the molecule is Cc1nc(C(N)=O)nc2c1nc(S[14CH3])n2C. The van der Waals surface area contributed by atoms with Crippen molar-refractivity contribution < 1.29 is 4.79 Å². The fraction of sp³-hybridized carbons (Fsp3) is 0.333. The first kappa shape index (κ1) is 10.9. The zero-order valence-electron chi connectivity index (χ0n) is 9.18. The van der Waals surface area contributed by atoms with Crippen LogP contribution in [0, 0.1) is 6.92 Å². The first-order chi connectivity index (χ1) is 7.54. The number of amides is 1. The molecule has 0 aliphatic carbocycles. The van der Waals surface area contributed by atoms with Crippen molar-refractivity contribution >= 4 is 28.8 Å². The van der Waals surface area contributed by atoms with Gasteiger partial charge in [0.15, 0.2) is 10.8 Å². The van der Waals surface area contributed by atoms with Gasteiger partial charge in [-0.2, -0.15) is 0 Å². The number of nitrogens with zero attached hydrogens (tertiary/aromatic N) is 4. The second kappa shape index (κ2) is 3.75. The third-order valence-electron chi connectivity index (χ3n) is 2.25. The number of carbonyl (C=O) groups excluding carboxylic acids is 1. The Kier molecular flexibility index (Phi) is 2.55. The van der Waals surface area contributed by atoms with Crippen LogP contribution >= 0.6 is 11.8 Å². The molecular weight excluding hydrogens is 228 g/mol. The molecule has 7 heteroatoms. The summed E-state index contributed by atoms with van der Waals surface area (Å²) in [7, 11) is 1.85. The van der Waals surface area contributed by atoms with Crippen LogP contribution in [0.1, 0.15) is 16.3 Å². The summed E-state index contributed by atoms with van der Waals surface area (Å²) in [5.74, 6) is -0.599. The summed E-state index contributed by atoms with van der Waals surface area (Å²) in [6, 6.07) is 0. The Labute approximate surface area is 96.3 Å². The number of hydrogen-bond acceptors (Lipinski definition) is 5. The molecule has 0 aliphatic heterocycles. The number of nitrogens with two attached hydrogens (primary N) is 1. The number of hydrogen-bond donors (Lipinski definition) is 1. The minimum absolute atomic E-state index is 0.0284. The van der Waals surface area contributed by atoms with E-state index in [1.54, 1.807) is 6.92 Å². The molecule has 0 fully saturated rings. The predicted octanol–water partition coefficient (Wildman–Crippen LogP) is 0.493. The van der Waals surface area contributed by atoms with Crippen molar-refractivity contribution in [3.8, 4) is 0 Å². The summed E-state index contributed by atoms with van der Waals surface area (Å²) in [4.78, 5) is 23.6. The third-order valence-corrected chi connectivity index (χ3v) is 2.99. The van der Waals surface area contributed by atoms with Gasteiger partial charge in [0.05, 0.1) is 5.69 Å². The number of fused-ring (bicyclic) bond motifs is 1. The smallest absolute Gasteiger partial charge is 0.286 e. The standard InChI is InChI=1S/C9H11N5OS/c1-4-5-8(13-7(11-4)6(10)15)14(2)9(12-5)16-3/h1-3H3,(H2,10,15)/i3+2. The maximum Gasteiger partial charge on any atom is 0.286 e. The first-order valence-corrected chi connectivity index (χ1v) is 5.82. The fourth-order valence-electron chi connectivity index (χ4n) is 1.47. The third kappa shape index (κ3) is 1.53. The molecule has 84 valence electrons. The van der Waals surface area contributed by atoms with Gasteiger partial charge < -0.3 is 10.3 Å². The van der Waals surface area contributed by atoms with E-state index in [4.69, 9.17) is 5.73 Å². The molecule has 2 aromatic heterocycles. The molecule has 0 unspecified atom stereocenters. The maximum atomic E-state index is 11.0. The van der Waals surface area contributed by atoms with Gasteiger partial charge in [0.1, 0.15) is 5.52 Å². The first-order valence-electron chi connectivity index (χ1n) is 4.59. The van der Waals surface area contributed by atoms with Crippen molar-refractivity contribution in [3.63, 3.8) is 0 Å². The Morgan fingerprint density at radius 1 is 1.44 bits per heavy atom. The van der Waals surface area contributed by atoms with Crippen molar-refractivity contribution in [2.24, 2.45) is 12.8 Å². The van der Waals surface area contributed by atoms with Gasteiger partial charge >= 0.3 is 0 Å². The van der Waals surface area contributed by atoms with Crippen LogP contribution in [0.15, 0.2) is 5.16 Å². The number of imidazole rings is 1. The number of primary amides is 1. The van der Waals surface area contributed by atoms with Crippen LogP contribution < -0.4 is 5.73 Å². The Morgan fingerprint density at radius 3 is 2.69 bits per heavy atom. The topological polar surface area (TPSA) is 86.7 Å². The Balaban J connectivity index is 2.80. The number of rotatable bonds is 2. The van der Waals surface area contributed by atoms with E-state index in [0.29, 0.717) is 16.9 Å². The maximum absolute atomic E-state index is 11.0. The van der Waals surface area contributed by atoms with Gasteiger partial charge in [0.25, 0.3) is 5.91 Å². The highest BCUT2D eigenvalue weighted by molar-refractivity contribution is 7.98. The molecule has 2 N–H and O–H groups in total. The van der Waals surface area contributed by atoms with Gasteiger partial charge in [-0.1, -0.05) is 11.8 Å². The Hall–Kier alpha value is -1.63. The molecule has 6 nitrogen and oxygen atoms in total. The molecule has 2 heterocycles. The number of thioether (sulfide) groups is 1. The molecule has 0 atom stereocenters. The second-order valence-electron chi connectivity index (χ2n) is 3.33. The molecule has 16 heavy (non-hydrogen) atoms. The van der Waals surface area contributed by atoms with Crippen molar-refractivity contribution in [2.45, 2.75) is 12.1 Å². The predicted molar refractivity (Wildman–Crippen MR) is 61.3 cm³/mol. The molecule has 2 aromatic rings. The molecule has 0 saturated carbocycles. The largest absolute Gasteiger partial charge is 0.363 e. The summed E-state index contributed by atoms with van der Waals surface area (Å²) in [6.45, 7) is 1.79. The molecule has 1 amide bonds. The van der Waals surface area contributed by atoms with Gasteiger partial charge in [0, 0.05) is 7.05 Å². The van der Waals surface area contributed by atoms with E-state index in [1.807, 2.05) is 17.9 Å². The summed E-state index contributed by atoms with van der Waals surface area (Å²) < 4.78 is 1.82. The van der Waals surface area contributed by atoms with Crippen LogP contribution in [0.3, 0.4) is 0 Å². The van der Waals surface area contributed by atoms with E-state index < -0.39 is 5.91 Å². The van der Waals surface area contributed by atoms with E-state index in [2.05, 4.69) is 15.0 Å². The highest BCUT2D eigenvalue weighted by Gasteiger charge is 2.15. The number of aromatic nitrogens is 4. The minimum atomic E-state index is -0.628. The average Bonchev–Trinajstić information content (AvgIpc) is 2.56. The quantitative estimate of drug-likeness (QED) is 0.771. The fourth-order valence-corrected chi connectivity index (χ4v) is 2.01. The van der Waals surface area contributed by atoms with Crippen LogP contribution in [0.5, 0.6) is 0 Å².